The summed E-state index contributed by atoms with van der Waals surface area (Å²) in [4.78, 5) is 14.1. The Hall–Kier alpha value is -2.49. The topological polar surface area (TPSA) is 41.6 Å². The molecule has 4 nitrogen and oxygen atoms in total. The van der Waals surface area contributed by atoms with Gasteiger partial charge in [0, 0.05) is 13.1 Å². The standard InChI is InChI=1S/C17H18N2O2/c1-13-6-5-9-15-16(13)19(11-10-18-15)17(20)21-12-14-7-3-2-4-8-14/h2-9,18H,10-12H2,1H3. The molecule has 0 unspecified atom stereocenters. The largest absolute Gasteiger partial charge is 0.444 e. The van der Waals surface area contributed by atoms with Crippen LogP contribution in [0, 0.1) is 6.92 Å². The number of anilines is 2. The Kier molecular flexibility index (Phi) is 3.77. The number of ether oxygens (including phenoxy) is 1. The van der Waals surface area contributed by atoms with Gasteiger partial charge in [0.1, 0.15) is 6.61 Å². The van der Waals surface area contributed by atoms with Gasteiger partial charge in [-0.3, -0.25) is 4.90 Å². The fraction of sp³-hybridized carbons (Fsp3) is 0.235. The zero-order valence-corrected chi connectivity index (χ0v) is 12.0. The van der Waals surface area contributed by atoms with Gasteiger partial charge < -0.3 is 10.1 Å². The maximum absolute atomic E-state index is 12.4. The number of amides is 1. The van der Waals surface area contributed by atoms with Crippen LogP contribution in [-0.4, -0.2) is 19.2 Å². The van der Waals surface area contributed by atoms with Gasteiger partial charge in [-0.25, -0.2) is 4.79 Å². The summed E-state index contributed by atoms with van der Waals surface area (Å²) in [6, 6.07) is 15.7. The van der Waals surface area contributed by atoms with E-state index in [9.17, 15) is 4.79 Å². The molecule has 1 amide bonds. The number of benzene rings is 2. The second-order valence-corrected chi connectivity index (χ2v) is 5.09. The van der Waals surface area contributed by atoms with E-state index in [0.717, 1.165) is 29.0 Å². The highest BCUT2D eigenvalue weighted by molar-refractivity contribution is 5.94. The van der Waals surface area contributed by atoms with Crippen molar-refractivity contribution in [2.24, 2.45) is 0 Å². The van der Waals surface area contributed by atoms with Crippen LogP contribution in [0.5, 0.6) is 0 Å². The molecule has 2 aromatic carbocycles. The summed E-state index contributed by atoms with van der Waals surface area (Å²) in [6.45, 7) is 3.65. The van der Waals surface area contributed by atoms with E-state index in [-0.39, 0.29) is 6.09 Å². The van der Waals surface area contributed by atoms with Crippen LogP contribution in [0.15, 0.2) is 48.5 Å². The summed E-state index contributed by atoms with van der Waals surface area (Å²) in [7, 11) is 0. The van der Waals surface area contributed by atoms with E-state index < -0.39 is 0 Å². The van der Waals surface area contributed by atoms with Gasteiger partial charge >= 0.3 is 6.09 Å². The van der Waals surface area contributed by atoms with Crippen molar-refractivity contribution in [1.29, 1.82) is 0 Å². The van der Waals surface area contributed by atoms with Gasteiger partial charge in [-0.15, -0.1) is 0 Å². The van der Waals surface area contributed by atoms with Crippen LogP contribution in [-0.2, 0) is 11.3 Å². The van der Waals surface area contributed by atoms with Crippen LogP contribution in [0.3, 0.4) is 0 Å². The number of rotatable bonds is 2. The summed E-state index contributed by atoms with van der Waals surface area (Å²) < 4.78 is 5.44. The number of carbonyl (C=O) groups excluding carboxylic acids is 1. The van der Waals surface area contributed by atoms with E-state index in [2.05, 4.69) is 5.32 Å². The summed E-state index contributed by atoms with van der Waals surface area (Å²) in [5.41, 5.74) is 3.96. The Morgan fingerprint density at radius 3 is 2.81 bits per heavy atom. The first-order valence-electron chi connectivity index (χ1n) is 7.07. The molecule has 2 aromatic rings. The van der Waals surface area contributed by atoms with E-state index in [4.69, 9.17) is 4.74 Å². The maximum Gasteiger partial charge on any atom is 0.414 e. The number of hydrogen-bond acceptors (Lipinski definition) is 3. The molecule has 0 radical (unpaired) electrons. The quantitative estimate of drug-likeness (QED) is 0.915. The molecule has 3 rings (SSSR count). The first-order valence-corrected chi connectivity index (χ1v) is 7.07. The van der Waals surface area contributed by atoms with Gasteiger partial charge in [0.05, 0.1) is 11.4 Å². The normalized spacial score (nSPS) is 13.3. The molecule has 21 heavy (non-hydrogen) atoms. The van der Waals surface area contributed by atoms with Crippen LogP contribution < -0.4 is 10.2 Å². The number of carbonyl (C=O) groups is 1. The third-order valence-corrected chi connectivity index (χ3v) is 3.58. The molecule has 1 heterocycles. The highest BCUT2D eigenvalue weighted by atomic mass is 16.6. The summed E-state index contributed by atoms with van der Waals surface area (Å²) in [6.07, 6.45) is -0.295. The van der Waals surface area contributed by atoms with E-state index in [0.29, 0.717) is 13.2 Å². The van der Waals surface area contributed by atoms with Crippen molar-refractivity contribution in [3.8, 4) is 0 Å². The molecule has 1 N–H and O–H groups in total. The average molecular weight is 282 g/mol. The molecule has 0 saturated carbocycles. The van der Waals surface area contributed by atoms with Crippen molar-refractivity contribution in [2.45, 2.75) is 13.5 Å². The van der Waals surface area contributed by atoms with Gasteiger partial charge in [0.15, 0.2) is 0 Å². The molecule has 1 aliphatic rings. The average Bonchev–Trinajstić information content (AvgIpc) is 2.53. The number of nitrogens with one attached hydrogen (secondary N) is 1. The predicted octanol–water partition coefficient (Wildman–Crippen LogP) is 3.56. The summed E-state index contributed by atoms with van der Waals surface area (Å²) in [5, 5.41) is 3.31. The number of nitrogens with zero attached hydrogens (tertiary/aromatic N) is 1. The third-order valence-electron chi connectivity index (χ3n) is 3.58. The minimum Gasteiger partial charge on any atom is -0.444 e. The molecule has 0 saturated heterocycles. The Bertz CT molecular complexity index is 640. The van der Waals surface area contributed by atoms with Crippen molar-refractivity contribution in [3.63, 3.8) is 0 Å². The monoisotopic (exact) mass is 282 g/mol. The fourth-order valence-corrected chi connectivity index (χ4v) is 2.55. The highest BCUT2D eigenvalue weighted by Gasteiger charge is 2.24. The zero-order valence-electron chi connectivity index (χ0n) is 12.0. The molecule has 0 spiro atoms. The van der Waals surface area contributed by atoms with Gasteiger partial charge in [0.25, 0.3) is 0 Å². The van der Waals surface area contributed by atoms with Crippen LogP contribution in [0.2, 0.25) is 0 Å². The number of fused-ring (bicyclic) bond motifs is 1. The third kappa shape index (κ3) is 2.84. The van der Waals surface area contributed by atoms with Crippen molar-refractivity contribution in [1.82, 2.24) is 0 Å². The highest BCUT2D eigenvalue weighted by Crippen LogP contribution is 2.32. The minimum atomic E-state index is -0.295. The molecule has 0 fully saturated rings. The van der Waals surface area contributed by atoms with Crippen LogP contribution in [0.25, 0.3) is 0 Å². The van der Waals surface area contributed by atoms with Gasteiger partial charge in [-0.05, 0) is 24.1 Å². The van der Waals surface area contributed by atoms with Gasteiger partial charge in [0.2, 0.25) is 0 Å². The Morgan fingerprint density at radius 2 is 2.00 bits per heavy atom. The molecular formula is C17H18N2O2. The van der Waals surface area contributed by atoms with Crippen LogP contribution >= 0.6 is 0 Å². The lowest BCUT2D eigenvalue weighted by Crippen LogP contribution is -2.39. The molecule has 108 valence electrons. The van der Waals surface area contributed by atoms with Crippen molar-refractivity contribution in [3.05, 3.63) is 59.7 Å². The van der Waals surface area contributed by atoms with E-state index in [1.807, 2.05) is 55.5 Å². The SMILES string of the molecule is Cc1cccc2c1N(C(=O)OCc1ccccc1)CCN2. The Labute approximate surface area is 124 Å². The Morgan fingerprint density at radius 1 is 1.19 bits per heavy atom. The molecule has 0 aromatic heterocycles. The number of aryl methyl sites for hydroxylation is 1. The smallest absolute Gasteiger partial charge is 0.414 e. The Balaban J connectivity index is 1.75. The lowest BCUT2D eigenvalue weighted by molar-refractivity contribution is 0.147. The fourth-order valence-electron chi connectivity index (χ4n) is 2.55. The number of para-hydroxylation sites is 1. The van der Waals surface area contributed by atoms with Gasteiger partial charge in [-0.1, -0.05) is 42.5 Å². The number of hydrogen-bond donors (Lipinski definition) is 1. The van der Waals surface area contributed by atoms with E-state index in [1.165, 1.54) is 0 Å². The van der Waals surface area contributed by atoms with Crippen molar-refractivity contribution in [2.75, 3.05) is 23.3 Å². The summed E-state index contributed by atoms with van der Waals surface area (Å²) >= 11 is 0. The molecule has 0 atom stereocenters. The van der Waals surface area contributed by atoms with Crippen molar-refractivity contribution >= 4 is 17.5 Å². The van der Waals surface area contributed by atoms with E-state index in [1.54, 1.807) is 4.90 Å². The lowest BCUT2D eigenvalue weighted by Gasteiger charge is -2.31. The second-order valence-electron chi connectivity index (χ2n) is 5.09. The maximum atomic E-state index is 12.4. The molecule has 4 heteroatoms. The lowest BCUT2D eigenvalue weighted by atomic mass is 10.1. The first-order chi connectivity index (χ1) is 10.3. The predicted molar refractivity (Wildman–Crippen MR) is 83.6 cm³/mol. The van der Waals surface area contributed by atoms with Crippen molar-refractivity contribution < 1.29 is 9.53 Å². The minimum absolute atomic E-state index is 0.295. The zero-order chi connectivity index (χ0) is 14.7. The van der Waals surface area contributed by atoms with Crippen LogP contribution in [0.4, 0.5) is 16.2 Å². The molecular weight excluding hydrogens is 264 g/mol. The molecule has 0 bridgehead atoms. The van der Waals surface area contributed by atoms with Crippen LogP contribution in [0.1, 0.15) is 11.1 Å². The molecule has 0 aliphatic carbocycles. The second kappa shape index (κ2) is 5.87. The van der Waals surface area contributed by atoms with Gasteiger partial charge in [-0.2, -0.15) is 0 Å². The summed E-state index contributed by atoms with van der Waals surface area (Å²) in [5.74, 6) is 0. The first kappa shape index (κ1) is 13.5. The molecule has 1 aliphatic heterocycles. The van der Waals surface area contributed by atoms with E-state index >= 15 is 0 Å².